The lowest BCUT2D eigenvalue weighted by Gasteiger charge is -2.05. The van der Waals surface area contributed by atoms with Crippen LogP contribution >= 0.6 is 11.6 Å². The van der Waals surface area contributed by atoms with E-state index in [0.29, 0.717) is 16.1 Å². The van der Waals surface area contributed by atoms with Crippen molar-refractivity contribution >= 4 is 17.4 Å². The van der Waals surface area contributed by atoms with Gasteiger partial charge in [0.15, 0.2) is 0 Å². The molecule has 0 amide bonds. The quantitative estimate of drug-likeness (QED) is 0.371. The van der Waals surface area contributed by atoms with E-state index in [2.05, 4.69) is 0 Å². The molecule has 1 N–H and O–H groups in total. The van der Waals surface area contributed by atoms with Crippen molar-refractivity contribution in [1.29, 1.82) is 5.26 Å². The number of rotatable bonds is 2. The zero-order chi connectivity index (χ0) is 12.3. The molecular formula is C12H10ClNO2. The molecule has 0 fully saturated rings. The second-order valence-electron chi connectivity index (χ2n) is 3.31. The minimum absolute atomic E-state index is 0.259. The fourth-order valence-corrected chi connectivity index (χ4v) is 1.46. The third-order valence-corrected chi connectivity index (χ3v) is 2.62. The largest absolute Gasteiger partial charge is 0.511 e. The van der Waals surface area contributed by atoms with Crippen LogP contribution in [0.5, 0.6) is 0 Å². The predicted molar refractivity (Wildman–Crippen MR) is 61.5 cm³/mol. The van der Waals surface area contributed by atoms with Crippen molar-refractivity contribution in [2.24, 2.45) is 0 Å². The Labute approximate surface area is 98.6 Å². The highest BCUT2D eigenvalue weighted by Gasteiger charge is 2.17. The van der Waals surface area contributed by atoms with Gasteiger partial charge in [0.05, 0.1) is 0 Å². The van der Waals surface area contributed by atoms with E-state index in [9.17, 15) is 9.90 Å². The monoisotopic (exact) mass is 235 g/mol. The number of aliphatic hydroxyl groups excluding tert-OH is 1. The van der Waals surface area contributed by atoms with Gasteiger partial charge in [0.1, 0.15) is 17.4 Å². The van der Waals surface area contributed by atoms with Crippen LogP contribution in [0.15, 0.2) is 29.5 Å². The van der Waals surface area contributed by atoms with Crippen LogP contribution in [-0.4, -0.2) is 10.9 Å². The van der Waals surface area contributed by atoms with Crippen molar-refractivity contribution < 1.29 is 9.90 Å². The number of hydrogen-bond acceptors (Lipinski definition) is 3. The first kappa shape index (κ1) is 12.3. The van der Waals surface area contributed by atoms with Crippen LogP contribution in [0.1, 0.15) is 22.8 Å². The standard InChI is InChI=1S/C12H10ClNO2/c1-7-9(4-3-5-11(7)13)12(16)10(6-14)8(2)15/h3-5,15H,1-2H3. The average molecular weight is 236 g/mol. The molecule has 1 aromatic rings. The summed E-state index contributed by atoms with van der Waals surface area (Å²) in [6, 6.07) is 6.55. The average Bonchev–Trinajstić information content (AvgIpc) is 2.22. The van der Waals surface area contributed by atoms with Crippen LogP contribution in [-0.2, 0) is 0 Å². The van der Waals surface area contributed by atoms with Crippen molar-refractivity contribution in [2.45, 2.75) is 13.8 Å². The summed E-state index contributed by atoms with van der Waals surface area (Å²) in [6.07, 6.45) is 0. The van der Waals surface area contributed by atoms with Crippen molar-refractivity contribution in [3.63, 3.8) is 0 Å². The maximum absolute atomic E-state index is 11.9. The maximum Gasteiger partial charge on any atom is 0.207 e. The lowest BCUT2D eigenvalue weighted by molar-refractivity contribution is 0.103. The Hall–Kier alpha value is -1.79. The fraction of sp³-hybridized carbons (Fsp3) is 0.167. The number of benzene rings is 1. The number of aliphatic hydroxyl groups is 1. The molecule has 0 heterocycles. The first-order valence-corrected chi connectivity index (χ1v) is 4.96. The zero-order valence-electron chi connectivity index (χ0n) is 8.91. The van der Waals surface area contributed by atoms with Gasteiger partial charge in [0.25, 0.3) is 0 Å². The van der Waals surface area contributed by atoms with Crippen molar-refractivity contribution in [3.8, 4) is 6.07 Å². The number of ketones is 1. The molecule has 0 aliphatic rings. The number of carbonyl (C=O) groups excluding carboxylic acids is 1. The second kappa shape index (κ2) is 4.82. The summed E-state index contributed by atoms with van der Waals surface area (Å²) in [5.41, 5.74) is 0.672. The van der Waals surface area contributed by atoms with E-state index < -0.39 is 5.78 Å². The molecule has 0 saturated heterocycles. The van der Waals surface area contributed by atoms with Gasteiger partial charge in [-0.2, -0.15) is 5.26 Å². The summed E-state index contributed by atoms with van der Waals surface area (Å²) in [5.74, 6) is -0.797. The number of allylic oxidation sites excluding steroid dienone is 2. The Morgan fingerprint density at radius 1 is 1.50 bits per heavy atom. The summed E-state index contributed by atoms with van der Waals surface area (Å²) < 4.78 is 0. The van der Waals surface area contributed by atoms with Crippen LogP contribution in [0, 0.1) is 18.3 Å². The van der Waals surface area contributed by atoms with Crippen molar-refractivity contribution in [2.75, 3.05) is 0 Å². The fourth-order valence-electron chi connectivity index (χ4n) is 1.28. The molecule has 3 nitrogen and oxygen atoms in total. The van der Waals surface area contributed by atoms with Crippen LogP contribution in [0.3, 0.4) is 0 Å². The molecule has 0 saturated carbocycles. The van der Waals surface area contributed by atoms with Gasteiger partial charge in [-0.15, -0.1) is 0 Å². The predicted octanol–water partition coefficient (Wildman–Crippen LogP) is 3.19. The molecule has 0 spiro atoms. The molecule has 0 aliphatic heterocycles. The Morgan fingerprint density at radius 2 is 2.12 bits per heavy atom. The minimum Gasteiger partial charge on any atom is -0.511 e. The summed E-state index contributed by atoms with van der Waals surface area (Å²) in [5, 5.41) is 18.4. The summed E-state index contributed by atoms with van der Waals surface area (Å²) >= 11 is 5.87. The van der Waals surface area contributed by atoms with Crippen molar-refractivity contribution in [1.82, 2.24) is 0 Å². The van der Waals surface area contributed by atoms with Crippen LogP contribution < -0.4 is 0 Å². The van der Waals surface area contributed by atoms with E-state index in [1.165, 1.54) is 6.92 Å². The lowest BCUT2D eigenvalue weighted by atomic mass is 9.99. The molecule has 0 aliphatic carbocycles. The Kier molecular flexibility index (Phi) is 3.70. The minimum atomic E-state index is -0.512. The Morgan fingerprint density at radius 3 is 2.62 bits per heavy atom. The van der Waals surface area contributed by atoms with Gasteiger partial charge in [-0.3, -0.25) is 4.79 Å². The molecule has 4 heteroatoms. The zero-order valence-corrected chi connectivity index (χ0v) is 9.67. The van der Waals surface area contributed by atoms with Crippen LogP contribution in [0.4, 0.5) is 0 Å². The lowest BCUT2D eigenvalue weighted by Crippen LogP contribution is -2.06. The number of nitriles is 1. The number of halogens is 1. The van der Waals surface area contributed by atoms with Gasteiger partial charge in [-0.1, -0.05) is 23.7 Å². The van der Waals surface area contributed by atoms with Gasteiger partial charge in [0, 0.05) is 10.6 Å². The van der Waals surface area contributed by atoms with E-state index >= 15 is 0 Å². The molecule has 0 unspecified atom stereocenters. The Bertz CT molecular complexity index is 508. The van der Waals surface area contributed by atoms with E-state index in [-0.39, 0.29) is 11.3 Å². The summed E-state index contributed by atoms with van der Waals surface area (Å²) in [4.78, 5) is 11.9. The van der Waals surface area contributed by atoms with Gasteiger partial charge >= 0.3 is 0 Å². The third kappa shape index (κ3) is 2.23. The topological polar surface area (TPSA) is 61.1 Å². The highest BCUT2D eigenvalue weighted by Crippen LogP contribution is 2.21. The van der Waals surface area contributed by atoms with E-state index in [4.69, 9.17) is 16.9 Å². The van der Waals surface area contributed by atoms with E-state index in [1.54, 1.807) is 31.2 Å². The summed E-state index contributed by atoms with van der Waals surface area (Å²) in [7, 11) is 0. The maximum atomic E-state index is 11.9. The molecule has 82 valence electrons. The molecule has 0 aromatic heterocycles. The summed E-state index contributed by atoms with van der Waals surface area (Å²) in [6.45, 7) is 2.99. The van der Waals surface area contributed by atoms with Gasteiger partial charge < -0.3 is 5.11 Å². The van der Waals surface area contributed by atoms with Crippen molar-refractivity contribution in [3.05, 3.63) is 45.7 Å². The molecule has 0 bridgehead atoms. The first-order chi connectivity index (χ1) is 7.49. The number of nitrogens with zero attached hydrogens (tertiary/aromatic N) is 1. The van der Waals surface area contributed by atoms with Gasteiger partial charge in [-0.25, -0.2) is 0 Å². The highest BCUT2D eigenvalue weighted by atomic mass is 35.5. The molecule has 1 rings (SSSR count). The van der Waals surface area contributed by atoms with Gasteiger partial charge in [0.2, 0.25) is 5.78 Å². The smallest absolute Gasteiger partial charge is 0.207 e. The molecule has 1 aromatic carbocycles. The molecule has 16 heavy (non-hydrogen) atoms. The molecular weight excluding hydrogens is 226 g/mol. The number of Topliss-reactive ketones (excluding diaryl/α,β-unsaturated/α-hetero) is 1. The first-order valence-electron chi connectivity index (χ1n) is 4.58. The normalized spacial score (nSPS) is 11.6. The van der Waals surface area contributed by atoms with E-state index in [0.717, 1.165) is 0 Å². The molecule has 0 atom stereocenters. The SMILES string of the molecule is CC(O)=C(C#N)C(=O)c1cccc(Cl)c1C. The third-order valence-electron chi connectivity index (χ3n) is 2.21. The number of hydrogen-bond donors (Lipinski definition) is 1. The Balaban J connectivity index is 3.32. The van der Waals surface area contributed by atoms with Crippen LogP contribution in [0.2, 0.25) is 5.02 Å². The van der Waals surface area contributed by atoms with E-state index in [1.807, 2.05) is 0 Å². The molecule has 0 radical (unpaired) electrons. The van der Waals surface area contributed by atoms with Crippen LogP contribution in [0.25, 0.3) is 0 Å². The number of carbonyl (C=O) groups is 1. The van der Waals surface area contributed by atoms with Gasteiger partial charge in [-0.05, 0) is 25.5 Å². The highest BCUT2D eigenvalue weighted by molar-refractivity contribution is 6.32. The second-order valence-corrected chi connectivity index (χ2v) is 3.72.